The fraction of sp³-hybridized carbons (Fsp3) is 0.286. The van der Waals surface area contributed by atoms with E-state index in [2.05, 4.69) is 4.98 Å². The standard InChI is InChI=1S/C7H5ClF2N2O2/c1-3-4(8)2-5(6(9)10)11-7(3)12(13)14/h2,6H,1H3. The van der Waals surface area contributed by atoms with Crippen LogP contribution in [0.5, 0.6) is 0 Å². The smallest absolute Gasteiger partial charge is 0.358 e. The number of aromatic nitrogens is 1. The minimum Gasteiger partial charge on any atom is -0.358 e. The van der Waals surface area contributed by atoms with Gasteiger partial charge in [-0.3, -0.25) is 0 Å². The van der Waals surface area contributed by atoms with Crippen molar-refractivity contribution in [3.05, 3.63) is 32.5 Å². The van der Waals surface area contributed by atoms with E-state index in [1.54, 1.807) is 0 Å². The van der Waals surface area contributed by atoms with Gasteiger partial charge in [-0.15, -0.1) is 0 Å². The van der Waals surface area contributed by atoms with Crippen LogP contribution in [-0.4, -0.2) is 9.91 Å². The topological polar surface area (TPSA) is 56.0 Å². The molecule has 0 saturated heterocycles. The average molecular weight is 223 g/mol. The number of hydrogen-bond donors (Lipinski definition) is 0. The lowest BCUT2D eigenvalue weighted by Crippen LogP contribution is -2.00. The lowest BCUT2D eigenvalue weighted by Gasteiger charge is -2.01. The van der Waals surface area contributed by atoms with Gasteiger partial charge in [0.25, 0.3) is 0 Å². The second kappa shape index (κ2) is 3.83. The van der Waals surface area contributed by atoms with Gasteiger partial charge in [-0.25, -0.2) is 8.78 Å². The molecule has 0 N–H and O–H groups in total. The molecule has 0 fully saturated rings. The second-order valence-electron chi connectivity index (χ2n) is 2.54. The lowest BCUT2D eigenvalue weighted by atomic mass is 10.2. The van der Waals surface area contributed by atoms with Crippen molar-refractivity contribution < 1.29 is 13.7 Å². The Morgan fingerprint density at radius 1 is 1.64 bits per heavy atom. The molecule has 14 heavy (non-hydrogen) atoms. The summed E-state index contributed by atoms with van der Waals surface area (Å²) in [6.45, 7) is 1.35. The van der Waals surface area contributed by atoms with Gasteiger partial charge in [0.2, 0.25) is 5.69 Å². The molecule has 0 aliphatic heterocycles. The first-order chi connectivity index (χ1) is 6.43. The molecule has 1 heterocycles. The molecule has 1 aromatic rings. The van der Waals surface area contributed by atoms with Crippen LogP contribution < -0.4 is 0 Å². The SMILES string of the molecule is Cc1c(Cl)cc(C(F)F)nc1[N+](=O)[O-]. The average Bonchev–Trinajstić information content (AvgIpc) is 2.08. The van der Waals surface area contributed by atoms with E-state index in [1.165, 1.54) is 6.92 Å². The molecule has 0 radical (unpaired) electrons. The predicted molar refractivity (Wildman–Crippen MR) is 45.6 cm³/mol. The van der Waals surface area contributed by atoms with Crippen LogP contribution in [0, 0.1) is 17.0 Å². The lowest BCUT2D eigenvalue weighted by molar-refractivity contribution is -0.390. The Morgan fingerprint density at radius 3 is 2.64 bits per heavy atom. The molecule has 0 unspecified atom stereocenters. The van der Waals surface area contributed by atoms with Crippen LogP contribution in [0.3, 0.4) is 0 Å². The van der Waals surface area contributed by atoms with Gasteiger partial charge >= 0.3 is 12.2 Å². The van der Waals surface area contributed by atoms with E-state index in [4.69, 9.17) is 11.6 Å². The first-order valence-corrected chi connectivity index (χ1v) is 3.91. The van der Waals surface area contributed by atoms with E-state index in [0.29, 0.717) is 0 Å². The third-order valence-corrected chi connectivity index (χ3v) is 1.99. The zero-order valence-electron chi connectivity index (χ0n) is 7.00. The summed E-state index contributed by atoms with van der Waals surface area (Å²) in [5.74, 6) is -0.632. The summed E-state index contributed by atoms with van der Waals surface area (Å²) in [5.41, 5.74) is -0.603. The molecular weight excluding hydrogens is 218 g/mol. The van der Waals surface area contributed by atoms with Crippen molar-refractivity contribution in [3.8, 4) is 0 Å². The Bertz CT molecular complexity index is 384. The third-order valence-electron chi connectivity index (χ3n) is 1.60. The highest BCUT2D eigenvalue weighted by atomic mass is 35.5. The summed E-state index contributed by atoms with van der Waals surface area (Å²) in [5, 5.41) is 10.3. The van der Waals surface area contributed by atoms with E-state index in [9.17, 15) is 18.9 Å². The highest BCUT2D eigenvalue weighted by Gasteiger charge is 2.23. The number of alkyl halides is 2. The van der Waals surface area contributed by atoms with Crippen LogP contribution in [0.2, 0.25) is 5.02 Å². The van der Waals surface area contributed by atoms with Crippen LogP contribution in [0.1, 0.15) is 17.7 Å². The first kappa shape index (κ1) is 10.8. The van der Waals surface area contributed by atoms with Gasteiger partial charge in [-0.2, -0.15) is 0 Å². The molecule has 0 saturated carbocycles. The van der Waals surface area contributed by atoms with Crippen molar-refractivity contribution in [1.29, 1.82) is 0 Å². The van der Waals surface area contributed by atoms with Gasteiger partial charge in [0, 0.05) is 6.07 Å². The molecule has 4 nitrogen and oxygen atoms in total. The number of nitro groups is 1. The largest absolute Gasteiger partial charge is 0.368 e. The Kier molecular flexibility index (Phi) is 2.95. The monoisotopic (exact) mass is 222 g/mol. The number of hydrogen-bond acceptors (Lipinski definition) is 3. The van der Waals surface area contributed by atoms with Crippen molar-refractivity contribution >= 4 is 17.4 Å². The molecule has 0 atom stereocenters. The maximum absolute atomic E-state index is 12.2. The molecule has 0 amide bonds. The summed E-state index contributed by atoms with van der Waals surface area (Å²) >= 11 is 5.53. The normalized spacial score (nSPS) is 10.6. The molecule has 0 spiro atoms. The van der Waals surface area contributed by atoms with E-state index in [1.807, 2.05) is 0 Å². The van der Waals surface area contributed by atoms with E-state index >= 15 is 0 Å². The second-order valence-corrected chi connectivity index (χ2v) is 2.94. The number of nitrogens with zero attached hydrogens (tertiary/aromatic N) is 2. The van der Waals surface area contributed by atoms with E-state index in [0.717, 1.165) is 6.07 Å². The molecule has 0 aliphatic rings. The van der Waals surface area contributed by atoms with Crippen molar-refractivity contribution in [2.24, 2.45) is 0 Å². The highest BCUT2D eigenvalue weighted by Crippen LogP contribution is 2.28. The molecule has 1 rings (SSSR count). The quantitative estimate of drug-likeness (QED) is 0.571. The zero-order valence-corrected chi connectivity index (χ0v) is 7.76. The molecule has 0 bridgehead atoms. The Morgan fingerprint density at radius 2 is 2.21 bits per heavy atom. The Balaban J connectivity index is 3.35. The zero-order chi connectivity index (χ0) is 10.9. The van der Waals surface area contributed by atoms with Gasteiger partial charge in [0.1, 0.15) is 0 Å². The Hall–Kier alpha value is -1.30. The van der Waals surface area contributed by atoms with Gasteiger partial charge in [-0.1, -0.05) is 11.6 Å². The summed E-state index contributed by atoms with van der Waals surface area (Å²) in [6, 6.07) is 0.925. The molecule has 1 aromatic heterocycles. The molecular formula is C7H5ClF2N2O2. The summed E-state index contributed by atoms with van der Waals surface area (Å²) in [4.78, 5) is 12.7. The van der Waals surface area contributed by atoms with Crippen molar-refractivity contribution in [2.75, 3.05) is 0 Å². The number of pyridine rings is 1. The maximum Gasteiger partial charge on any atom is 0.368 e. The summed E-state index contributed by atoms with van der Waals surface area (Å²) < 4.78 is 24.4. The van der Waals surface area contributed by atoms with Gasteiger partial charge in [0.15, 0.2) is 0 Å². The van der Waals surface area contributed by atoms with Crippen LogP contribution >= 0.6 is 11.6 Å². The third kappa shape index (κ3) is 1.95. The van der Waals surface area contributed by atoms with Crippen LogP contribution in [0.15, 0.2) is 6.07 Å². The summed E-state index contributed by atoms with van der Waals surface area (Å²) in [6.07, 6.45) is -2.87. The molecule has 0 aromatic carbocycles. The van der Waals surface area contributed by atoms with Crippen LogP contribution in [-0.2, 0) is 0 Å². The highest BCUT2D eigenvalue weighted by molar-refractivity contribution is 6.31. The van der Waals surface area contributed by atoms with Crippen molar-refractivity contribution in [2.45, 2.75) is 13.3 Å². The Labute approximate surface area is 82.7 Å². The summed E-state index contributed by atoms with van der Waals surface area (Å²) in [7, 11) is 0. The van der Waals surface area contributed by atoms with E-state index in [-0.39, 0.29) is 10.6 Å². The number of rotatable bonds is 2. The van der Waals surface area contributed by atoms with Crippen LogP contribution in [0.4, 0.5) is 14.6 Å². The van der Waals surface area contributed by atoms with Crippen LogP contribution in [0.25, 0.3) is 0 Å². The van der Waals surface area contributed by atoms with Gasteiger partial charge < -0.3 is 10.1 Å². The fourth-order valence-electron chi connectivity index (χ4n) is 0.873. The van der Waals surface area contributed by atoms with Gasteiger partial charge in [-0.05, 0) is 16.8 Å². The molecule has 0 aliphatic carbocycles. The molecule has 7 heteroatoms. The minimum absolute atomic E-state index is 0.0815. The number of halogens is 3. The fourth-order valence-corrected chi connectivity index (χ4v) is 1.07. The van der Waals surface area contributed by atoms with E-state index < -0.39 is 22.9 Å². The first-order valence-electron chi connectivity index (χ1n) is 3.53. The van der Waals surface area contributed by atoms with Crippen molar-refractivity contribution in [3.63, 3.8) is 0 Å². The van der Waals surface area contributed by atoms with Gasteiger partial charge in [0.05, 0.1) is 10.6 Å². The predicted octanol–water partition coefficient (Wildman–Crippen LogP) is 2.89. The molecule has 76 valence electrons. The van der Waals surface area contributed by atoms with Crippen molar-refractivity contribution in [1.82, 2.24) is 4.98 Å². The maximum atomic E-state index is 12.2. The minimum atomic E-state index is -2.87.